The molecule has 2 aromatic carbocycles. The number of phenols is 4. The number of fused-ring (bicyclic) bond motifs is 1. The van der Waals surface area contributed by atoms with E-state index in [2.05, 4.69) is 0 Å². The highest BCUT2D eigenvalue weighted by molar-refractivity contribution is 5.88. The Hall–Kier alpha value is -3.51. The molecular weight excluding hydrogens is 416 g/mol. The van der Waals surface area contributed by atoms with Crippen molar-refractivity contribution in [2.24, 2.45) is 0 Å². The van der Waals surface area contributed by atoms with Crippen LogP contribution in [0.2, 0.25) is 0 Å². The van der Waals surface area contributed by atoms with Gasteiger partial charge >= 0.3 is 0 Å². The second-order valence-electron chi connectivity index (χ2n) is 6.96. The normalized spacial score (nSPS) is 23.3. The molecule has 31 heavy (non-hydrogen) atoms. The fourth-order valence-corrected chi connectivity index (χ4v) is 3.31. The van der Waals surface area contributed by atoms with Crippen molar-refractivity contribution in [1.82, 2.24) is 0 Å². The average molecular weight is 434 g/mol. The fraction of sp³-hybridized carbons (Fsp3) is 0.250. The molecule has 1 aliphatic rings. The number of hydrogen-bond donors (Lipinski definition) is 7. The van der Waals surface area contributed by atoms with E-state index in [1.807, 2.05) is 0 Å². The molecule has 1 fully saturated rings. The van der Waals surface area contributed by atoms with E-state index < -0.39 is 59.6 Å². The molecule has 164 valence electrons. The van der Waals surface area contributed by atoms with E-state index in [4.69, 9.17) is 13.9 Å². The lowest BCUT2D eigenvalue weighted by Gasteiger charge is -2.19. The first-order chi connectivity index (χ1) is 14.7. The van der Waals surface area contributed by atoms with Crippen LogP contribution in [0, 0.1) is 0 Å². The molecule has 2 heterocycles. The van der Waals surface area contributed by atoms with Gasteiger partial charge in [0, 0.05) is 17.7 Å². The maximum Gasteiger partial charge on any atom is 0.239 e. The monoisotopic (exact) mass is 434 g/mol. The Morgan fingerprint density at radius 2 is 1.68 bits per heavy atom. The van der Waals surface area contributed by atoms with E-state index >= 15 is 0 Å². The van der Waals surface area contributed by atoms with Gasteiger partial charge in [0.15, 0.2) is 17.3 Å². The Morgan fingerprint density at radius 1 is 0.935 bits per heavy atom. The van der Waals surface area contributed by atoms with Crippen LogP contribution in [0.3, 0.4) is 0 Å². The summed E-state index contributed by atoms with van der Waals surface area (Å²) < 4.78 is 16.4. The molecular formula is C20H18O11. The highest BCUT2D eigenvalue weighted by Gasteiger charge is 2.44. The summed E-state index contributed by atoms with van der Waals surface area (Å²) in [5, 5.41) is 68.3. The fourth-order valence-electron chi connectivity index (χ4n) is 3.31. The quantitative estimate of drug-likeness (QED) is 0.276. The number of aliphatic hydroxyl groups is 3. The van der Waals surface area contributed by atoms with Crippen LogP contribution >= 0.6 is 0 Å². The van der Waals surface area contributed by atoms with Crippen molar-refractivity contribution >= 4 is 11.0 Å². The number of aliphatic hydroxyl groups excluding tert-OH is 3. The molecule has 4 rings (SSSR count). The molecule has 0 unspecified atom stereocenters. The largest absolute Gasteiger partial charge is 0.508 e. The second kappa shape index (κ2) is 7.63. The molecule has 0 spiro atoms. The first-order valence-electron chi connectivity index (χ1n) is 9.05. The smallest absolute Gasteiger partial charge is 0.239 e. The predicted octanol–water partition coefficient (Wildman–Crippen LogP) is 0.100. The molecule has 4 atom stereocenters. The van der Waals surface area contributed by atoms with Gasteiger partial charge in [-0.3, -0.25) is 4.79 Å². The van der Waals surface area contributed by atoms with Crippen molar-refractivity contribution in [3.05, 3.63) is 40.6 Å². The van der Waals surface area contributed by atoms with Crippen molar-refractivity contribution < 1.29 is 49.6 Å². The van der Waals surface area contributed by atoms with Gasteiger partial charge in [0.2, 0.25) is 17.5 Å². The second-order valence-corrected chi connectivity index (χ2v) is 6.96. The minimum Gasteiger partial charge on any atom is -0.508 e. The van der Waals surface area contributed by atoms with Crippen LogP contribution in [0.4, 0.5) is 0 Å². The van der Waals surface area contributed by atoms with Gasteiger partial charge in [0.25, 0.3) is 0 Å². The maximum absolute atomic E-state index is 13.1. The van der Waals surface area contributed by atoms with Crippen molar-refractivity contribution in [1.29, 1.82) is 0 Å². The van der Waals surface area contributed by atoms with Crippen molar-refractivity contribution in [3.8, 4) is 40.1 Å². The lowest BCUT2D eigenvalue weighted by molar-refractivity contribution is -0.117. The number of ether oxygens (including phenoxy) is 2. The van der Waals surface area contributed by atoms with E-state index in [0.29, 0.717) is 0 Å². The van der Waals surface area contributed by atoms with Gasteiger partial charge < -0.3 is 49.6 Å². The summed E-state index contributed by atoms with van der Waals surface area (Å²) in [6.45, 7) is -0.622. The summed E-state index contributed by atoms with van der Waals surface area (Å²) in [6.07, 6.45) is -5.86. The third kappa shape index (κ3) is 3.49. The minimum atomic E-state index is -1.62. The van der Waals surface area contributed by atoms with Gasteiger partial charge in [0.05, 0.1) is 6.61 Å². The topological polar surface area (TPSA) is 190 Å². The van der Waals surface area contributed by atoms with Crippen molar-refractivity contribution in [2.75, 3.05) is 6.61 Å². The molecule has 1 aromatic heterocycles. The summed E-state index contributed by atoms with van der Waals surface area (Å²) in [7, 11) is 0. The molecule has 0 aliphatic carbocycles. The van der Waals surface area contributed by atoms with Crippen LogP contribution in [0.25, 0.3) is 22.3 Å². The Balaban J connectivity index is 1.92. The Kier molecular flexibility index (Phi) is 5.11. The van der Waals surface area contributed by atoms with Crippen LogP contribution in [-0.2, 0) is 4.74 Å². The van der Waals surface area contributed by atoms with Crippen LogP contribution in [-0.4, -0.2) is 67.0 Å². The molecule has 1 saturated heterocycles. The lowest BCUT2D eigenvalue weighted by Crippen LogP contribution is -2.36. The van der Waals surface area contributed by atoms with Crippen LogP contribution in [0.5, 0.6) is 28.7 Å². The molecule has 11 heteroatoms. The van der Waals surface area contributed by atoms with Crippen molar-refractivity contribution in [2.45, 2.75) is 24.6 Å². The third-order valence-corrected chi connectivity index (χ3v) is 4.89. The molecule has 0 bridgehead atoms. The predicted molar refractivity (Wildman–Crippen MR) is 103 cm³/mol. The molecule has 0 radical (unpaired) electrons. The summed E-state index contributed by atoms with van der Waals surface area (Å²) >= 11 is 0. The minimum absolute atomic E-state index is 0.0684. The highest BCUT2D eigenvalue weighted by atomic mass is 16.7. The summed E-state index contributed by atoms with van der Waals surface area (Å²) in [5.74, 6) is -2.78. The Bertz CT molecular complexity index is 1200. The van der Waals surface area contributed by atoms with Crippen LogP contribution in [0.15, 0.2) is 39.5 Å². The highest BCUT2D eigenvalue weighted by Crippen LogP contribution is 2.39. The Labute approximate surface area is 173 Å². The Morgan fingerprint density at radius 3 is 2.32 bits per heavy atom. The van der Waals surface area contributed by atoms with Crippen LogP contribution in [0.1, 0.15) is 0 Å². The van der Waals surface area contributed by atoms with E-state index in [0.717, 1.165) is 24.3 Å². The summed E-state index contributed by atoms with van der Waals surface area (Å²) in [5.41, 5.74) is -1.04. The molecule has 0 amide bonds. The number of rotatable bonds is 4. The van der Waals surface area contributed by atoms with Gasteiger partial charge in [-0.05, 0) is 18.2 Å². The zero-order valence-corrected chi connectivity index (χ0v) is 15.7. The van der Waals surface area contributed by atoms with E-state index in [1.54, 1.807) is 0 Å². The van der Waals surface area contributed by atoms with Gasteiger partial charge in [-0.25, -0.2) is 0 Å². The zero-order valence-electron chi connectivity index (χ0n) is 15.7. The summed E-state index contributed by atoms with van der Waals surface area (Å²) in [4.78, 5) is 13.1. The van der Waals surface area contributed by atoms with Gasteiger partial charge in [-0.1, -0.05) is 0 Å². The van der Waals surface area contributed by atoms with E-state index in [-0.39, 0.29) is 28.0 Å². The molecule has 11 nitrogen and oxygen atoms in total. The standard InChI is InChI=1S/C20H18O11/c21-6-13-15(26)17(28)20(30-13)31-19-16(27)14-11(25)4-8(22)5-12(14)29-18(19)7-1-2-9(23)10(24)3-7/h1-5,13,15,17,20-26,28H,6H2/t13-,15-,17-,20+/m1/s1. The first kappa shape index (κ1) is 20.8. The van der Waals surface area contributed by atoms with Crippen molar-refractivity contribution in [3.63, 3.8) is 0 Å². The maximum atomic E-state index is 13.1. The summed E-state index contributed by atoms with van der Waals surface area (Å²) in [6, 6.07) is 5.50. The van der Waals surface area contributed by atoms with Gasteiger partial charge in [-0.2, -0.15) is 0 Å². The third-order valence-electron chi connectivity index (χ3n) is 4.89. The van der Waals surface area contributed by atoms with Gasteiger partial charge in [-0.15, -0.1) is 0 Å². The molecule has 0 saturated carbocycles. The molecule has 3 aromatic rings. The zero-order chi connectivity index (χ0) is 22.4. The molecule has 7 N–H and O–H groups in total. The van der Waals surface area contributed by atoms with Crippen LogP contribution < -0.4 is 10.2 Å². The number of phenolic OH excluding ortho intramolecular Hbond substituents is 4. The average Bonchev–Trinajstić information content (AvgIpc) is 2.99. The first-order valence-corrected chi connectivity index (χ1v) is 9.05. The SMILES string of the molecule is O=c1c(O[C@@H]2O[C@H](CO)[C@@H](O)[C@H]2O)c(-c2ccc(O)c(O)c2)oc2cc(O)cc(O)c12. The number of hydrogen-bond acceptors (Lipinski definition) is 11. The van der Waals surface area contributed by atoms with E-state index in [1.165, 1.54) is 6.07 Å². The number of benzene rings is 2. The number of aromatic hydroxyl groups is 4. The molecule has 1 aliphatic heterocycles. The van der Waals surface area contributed by atoms with E-state index in [9.17, 15) is 40.5 Å². The van der Waals surface area contributed by atoms with Gasteiger partial charge in [0.1, 0.15) is 40.8 Å². The lowest BCUT2D eigenvalue weighted by atomic mass is 10.1.